The average molecular weight is 434 g/mol. The molecule has 0 saturated carbocycles. The second-order valence-electron chi connectivity index (χ2n) is 7.74. The van der Waals surface area contributed by atoms with Gasteiger partial charge in [0.2, 0.25) is 0 Å². The Kier molecular flexibility index (Phi) is 5.56. The lowest BCUT2D eigenvalue weighted by Gasteiger charge is -2.32. The molecule has 160 valence electrons. The zero-order valence-electron chi connectivity index (χ0n) is 17.8. The van der Waals surface area contributed by atoms with Gasteiger partial charge in [0.1, 0.15) is 0 Å². The molecule has 0 radical (unpaired) electrons. The van der Waals surface area contributed by atoms with E-state index in [1.54, 1.807) is 12.3 Å². The van der Waals surface area contributed by atoms with Crippen LogP contribution in [-0.4, -0.2) is 77.6 Å². The highest BCUT2D eigenvalue weighted by Gasteiger charge is 2.44. The van der Waals surface area contributed by atoms with Crippen LogP contribution in [0.1, 0.15) is 26.0 Å². The summed E-state index contributed by atoms with van der Waals surface area (Å²) in [4.78, 5) is 28.0. The van der Waals surface area contributed by atoms with Crippen molar-refractivity contribution in [2.75, 3.05) is 32.9 Å². The lowest BCUT2D eigenvalue weighted by molar-refractivity contribution is -0.131. The number of hydrogen-bond donors (Lipinski definition) is 2. The molecule has 3 rings (SSSR count). The number of fused-ring (bicyclic) bond motifs is 1. The molecule has 1 aromatic rings. The highest BCUT2D eigenvalue weighted by atomic mass is 32.2. The van der Waals surface area contributed by atoms with Crippen LogP contribution in [-0.2, 0) is 21.2 Å². The van der Waals surface area contributed by atoms with Gasteiger partial charge in [0.05, 0.1) is 6.54 Å². The molecule has 3 heterocycles. The molecule has 0 bridgehead atoms. The zero-order chi connectivity index (χ0) is 22.8. The molecule has 0 unspecified atom stereocenters. The minimum Gasteiger partial charge on any atom is -0.318 e. The number of carbonyl (C=O) groups is 2. The molecule has 0 aliphatic carbocycles. The minimum absolute atomic E-state index is 0.0285. The minimum atomic E-state index is -3.83. The van der Waals surface area contributed by atoms with Crippen LogP contribution in [0, 0.1) is 29.6 Å². The Hall–Kier alpha value is -2.79. The molecule has 2 aliphatic rings. The van der Waals surface area contributed by atoms with Crippen LogP contribution in [0.4, 0.5) is 4.79 Å². The van der Waals surface area contributed by atoms with E-state index in [4.69, 9.17) is 6.58 Å². The summed E-state index contributed by atoms with van der Waals surface area (Å²) in [5, 5.41) is 8.90. The number of nitrogens with one attached hydrogen (secondary N) is 1. The molecular formula is C20H24N4O5S. The maximum Gasteiger partial charge on any atom is 0.328 e. The summed E-state index contributed by atoms with van der Waals surface area (Å²) in [6, 6.07) is 1.44. The van der Waals surface area contributed by atoms with Gasteiger partial charge in [0, 0.05) is 50.6 Å². The number of hydrogen-bond acceptors (Lipinski definition) is 6. The summed E-state index contributed by atoms with van der Waals surface area (Å²) in [5.41, 5.74) is 2.76. The monoisotopic (exact) mass is 433 g/mol. The second-order valence-corrected chi connectivity index (χ2v) is 10.2. The van der Waals surface area contributed by atoms with Crippen LogP contribution < -0.4 is 5.48 Å². The average Bonchev–Trinajstić information content (AvgIpc) is 3.21. The van der Waals surface area contributed by atoms with E-state index in [9.17, 15) is 18.0 Å². The Labute approximate surface area is 177 Å². The Bertz CT molecular complexity index is 1120. The Morgan fingerprint density at radius 1 is 1.43 bits per heavy atom. The van der Waals surface area contributed by atoms with Crippen LogP contribution in [0.25, 0.3) is 0 Å². The summed E-state index contributed by atoms with van der Waals surface area (Å²) >= 11 is 0. The second kappa shape index (κ2) is 8.15. The van der Waals surface area contributed by atoms with Crippen molar-refractivity contribution in [1.29, 1.82) is 0 Å². The third-order valence-corrected chi connectivity index (χ3v) is 7.52. The molecule has 9 nitrogen and oxygen atoms in total. The third-order valence-electron chi connectivity index (χ3n) is 5.49. The SMILES string of the molecule is [2H]CN1CC(C#CC#Cc2cc3n(c2)C(=O)N(CC[C@](C)(C(=O)NO)S(C)(=O)=O)C3)C1. The zero-order valence-corrected chi connectivity index (χ0v) is 17.6. The van der Waals surface area contributed by atoms with Crippen molar-refractivity contribution in [3.8, 4) is 23.7 Å². The highest BCUT2D eigenvalue weighted by Crippen LogP contribution is 2.25. The molecule has 1 fully saturated rings. The van der Waals surface area contributed by atoms with Crippen LogP contribution in [0.2, 0.25) is 0 Å². The van der Waals surface area contributed by atoms with E-state index < -0.39 is 20.5 Å². The molecule has 1 atom stereocenters. The van der Waals surface area contributed by atoms with E-state index in [0.29, 0.717) is 11.3 Å². The number of nitrogens with zero attached hydrogens (tertiary/aromatic N) is 3. The standard InChI is InChI=1S/C20H24N4O5S/c1-20(18(25)21-27,30(3,28)29)8-9-23-14-17-10-15(13-24(17)19(23)26)6-4-5-7-16-11-22(2)12-16/h10,13,16,27H,8-9,11-12,14H2,1-3H3,(H,21,25)/t20-/m1/s1/i2D. The van der Waals surface area contributed by atoms with Gasteiger partial charge in [-0.15, -0.1) is 0 Å². The summed E-state index contributed by atoms with van der Waals surface area (Å²) < 4.78 is 30.9. The Morgan fingerprint density at radius 2 is 2.17 bits per heavy atom. The number of likely N-dealkylation sites (tertiary alicyclic amines) is 1. The van der Waals surface area contributed by atoms with Gasteiger partial charge in [0.25, 0.3) is 5.91 Å². The lowest BCUT2D eigenvalue weighted by Crippen LogP contribution is -2.50. The molecule has 1 saturated heterocycles. The molecule has 10 heteroatoms. The fraction of sp³-hybridized carbons (Fsp3) is 0.500. The summed E-state index contributed by atoms with van der Waals surface area (Å²) in [6.45, 7) is 3.10. The topological polar surface area (TPSA) is 112 Å². The number of rotatable bonds is 5. The predicted molar refractivity (Wildman–Crippen MR) is 109 cm³/mol. The number of hydroxylamine groups is 1. The molecular weight excluding hydrogens is 408 g/mol. The first-order valence-corrected chi connectivity index (χ1v) is 11.2. The smallest absolute Gasteiger partial charge is 0.318 e. The van der Waals surface area contributed by atoms with E-state index >= 15 is 0 Å². The highest BCUT2D eigenvalue weighted by molar-refractivity contribution is 7.92. The van der Waals surface area contributed by atoms with Crippen LogP contribution in [0.5, 0.6) is 0 Å². The fourth-order valence-corrected chi connectivity index (χ4v) is 4.15. The molecule has 1 aromatic heterocycles. The first kappa shape index (κ1) is 20.5. The van der Waals surface area contributed by atoms with Gasteiger partial charge in [-0.3, -0.25) is 14.6 Å². The van der Waals surface area contributed by atoms with Crippen molar-refractivity contribution in [3.05, 3.63) is 23.5 Å². The van der Waals surface area contributed by atoms with E-state index in [-0.39, 0.29) is 38.5 Å². The van der Waals surface area contributed by atoms with Gasteiger partial charge in [0.15, 0.2) is 14.6 Å². The molecule has 2 N–H and O–H groups in total. The summed E-state index contributed by atoms with van der Waals surface area (Å²) in [7, 11) is -3.54. The van der Waals surface area contributed by atoms with E-state index in [0.717, 1.165) is 19.3 Å². The van der Waals surface area contributed by atoms with Crippen molar-refractivity contribution < 1.29 is 24.6 Å². The number of carbonyl (C=O) groups excluding carboxylic acids is 2. The molecule has 2 aliphatic heterocycles. The molecule has 0 aromatic carbocycles. The van der Waals surface area contributed by atoms with E-state index in [2.05, 4.69) is 23.7 Å². The van der Waals surface area contributed by atoms with Crippen LogP contribution in [0.3, 0.4) is 0 Å². The van der Waals surface area contributed by atoms with Crippen molar-refractivity contribution in [2.45, 2.75) is 24.6 Å². The van der Waals surface area contributed by atoms with Crippen molar-refractivity contribution >= 4 is 21.8 Å². The largest absolute Gasteiger partial charge is 0.328 e. The Morgan fingerprint density at radius 3 is 2.77 bits per heavy atom. The number of amides is 2. The van der Waals surface area contributed by atoms with Crippen molar-refractivity contribution in [1.82, 2.24) is 19.8 Å². The molecule has 0 spiro atoms. The van der Waals surface area contributed by atoms with Gasteiger partial charge in [-0.25, -0.2) is 18.7 Å². The van der Waals surface area contributed by atoms with Gasteiger partial charge in [-0.05, 0) is 38.3 Å². The first-order valence-electron chi connectivity index (χ1n) is 9.97. The lowest BCUT2D eigenvalue weighted by atomic mass is 10.0. The summed E-state index contributed by atoms with van der Waals surface area (Å²) in [6.07, 6.45) is 2.37. The number of aromatic nitrogens is 1. The van der Waals surface area contributed by atoms with Crippen LogP contribution in [0.15, 0.2) is 12.3 Å². The summed E-state index contributed by atoms with van der Waals surface area (Å²) in [5.74, 6) is 10.8. The maximum atomic E-state index is 12.6. The number of sulfone groups is 1. The quantitative estimate of drug-likeness (QED) is 0.381. The normalized spacial score (nSPS) is 18.8. The predicted octanol–water partition coefficient (Wildman–Crippen LogP) is -0.113. The van der Waals surface area contributed by atoms with Crippen LogP contribution >= 0.6 is 0 Å². The van der Waals surface area contributed by atoms with Crippen molar-refractivity contribution in [2.24, 2.45) is 5.92 Å². The van der Waals surface area contributed by atoms with Crippen molar-refractivity contribution in [3.63, 3.8) is 0 Å². The molecule has 30 heavy (non-hydrogen) atoms. The maximum absolute atomic E-state index is 12.6. The van der Waals surface area contributed by atoms with E-state index in [1.165, 1.54) is 21.9 Å². The Balaban J connectivity index is 1.61. The van der Waals surface area contributed by atoms with Gasteiger partial charge in [-0.2, -0.15) is 0 Å². The first-order chi connectivity index (χ1) is 14.6. The fourth-order valence-electron chi connectivity index (χ4n) is 3.30. The third kappa shape index (κ3) is 4.21. The van der Waals surface area contributed by atoms with Gasteiger partial charge in [-0.1, -0.05) is 11.8 Å². The van der Waals surface area contributed by atoms with Gasteiger partial charge >= 0.3 is 6.03 Å². The van der Waals surface area contributed by atoms with Gasteiger partial charge < -0.3 is 9.80 Å². The van der Waals surface area contributed by atoms with E-state index in [1.807, 2.05) is 4.90 Å². The molecule has 2 amide bonds.